The maximum atomic E-state index is 12.3. The number of benzene rings is 2. The minimum Gasteiger partial charge on any atom is -0.505 e. The minimum atomic E-state index is -3.96. The van der Waals surface area contributed by atoms with Gasteiger partial charge in [0.25, 0.3) is 0 Å². The average Bonchev–Trinajstić information content (AvgIpc) is 2.49. The second-order valence-corrected chi connectivity index (χ2v) is 6.99. The van der Waals surface area contributed by atoms with Crippen LogP contribution in [0.25, 0.3) is 0 Å². The zero-order valence-corrected chi connectivity index (χ0v) is 13.8. The summed E-state index contributed by atoms with van der Waals surface area (Å²) in [5.74, 6) is 0.0783. The molecule has 0 heterocycles. The molecule has 0 bridgehead atoms. The maximum Gasteiger partial charge on any atom is 0.244 e. The molecule has 0 fully saturated rings. The summed E-state index contributed by atoms with van der Waals surface area (Å²) in [4.78, 5) is -0.368. The van der Waals surface area contributed by atoms with Crippen molar-refractivity contribution in [1.29, 1.82) is 0 Å². The molecule has 0 radical (unpaired) electrons. The van der Waals surface area contributed by atoms with Crippen LogP contribution in [0.2, 0.25) is 10.0 Å². The highest BCUT2D eigenvalue weighted by molar-refractivity contribution is 7.89. The Morgan fingerprint density at radius 3 is 2.64 bits per heavy atom. The summed E-state index contributed by atoms with van der Waals surface area (Å²) < 4.78 is 32.0. The zero-order chi connectivity index (χ0) is 16.3. The smallest absolute Gasteiger partial charge is 0.244 e. The molecule has 0 saturated heterocycles. The summed E-state index contributed by atoms with van der Waals surface area (Å²) in [6, 6.07) is 9.34. The van der Waals surface area contributed by atoms with Gasteiger partial charge in [-0.05, 0) is 29.8 Å². The number of methoxy groups -OCH3 is 1. The third kappa shape index (κ3) is 3.84. The lowest BCUT2D eigenvalue weighted by Gasteiger charge is -2.10. The highest BCUT2D eigenvalue weighted by Gasteiger charge is 2.21. The third-order valence-corrected chi connectivity index (χ3v) is 4.80. The monoisotopic (exact) mass is 361 g/mol. The number of hydrogen-bond donors (Lipinski definition) is 2. The second-order valence-electron chi connectivity index (χ2n) is 4.41. The van der Waals surface area contributed by atoms with Crippen molar-refractivity contribution in [2.45, 2.75) is 11.4 Å². The van der Waals surface area contributed by atoms with Crippen LogP contribution in [-0.2, 0) is 16.6 Å². The van der Waals surface area contributed by atoms with Gasteiger partial charge in [0.2, 0.25) is 10.0 Å². The van der Waals surface area contributed by atoms with Gasteiger partial charge < -0.3 is 9.84 Å². The number of sulfonamides is 1. The quantitative estimate of drug-likeness (QED) is 0.857. The van der Waals surface area contributed by atoms with Crippen LogP contribution in [0, 0.1) is 0 Å². The molecule has 0 spiro atoms. The maximum absolute atomic E-state index is 12.3. The van der Waals surface area contributed by atoms with E-state index in [0.29, 0.717) is 11.3 Å². The number of halogens is 2. The standard InChI is InChI=1S/C14H13Cl2NO4S/c1-21-11-4-2-3-9(5-11)8-17-22(19,20)13-7-10(15)6-12(16)14(13)18/h2-7,17-18H,8H2,1H3. The summed E-state index contributed by atoms with van der Waals surface area (Å²) in [7, 11) is -2.44. The van der Waals surface area contributed by atoms with E-state index in [4.69, 9.17) is 27.9 Å². The van der Waals surface area contributed by atoms with Gasteiger partial charge in [0.15, 0.2) is 5.75 Å². The molecule has 0 atom stereocenters. The normalized spacial score (nSPS) is 11.4. The summed E-state index contributed by atoms with van der Waals surface area (Å²) in [5.41, 5.74) is 0.704. The Balaban J connectivity index is 2.25. The van der Waals surface area contributed by atoms with Crippen molar-refractivity contribution in [3.63, 3.8) is 0 Å². The zero-order valence-electron chi connectivity index (χ0n) is 11.5. The van der Waals surface area contributed by atoms with Crippen LogP contribution in [0.3, 0.4) is 0 Å². The van der Waals surface area contributed by atoms with E-state index in [0.717, 1.165) is 6.07 Å². The summed E-state index contributed by atoms with van der Waals surface area (Å²) in [6.45, 7) is 0.0309. The number of ether oxygens (including phenoxy) is 1. The lowest BCUT2D eigenvalue weighted by molar-refractivity contribution is 0.414. The molecule has 8 heteroatoms. The van der Waals surface area contributed by atoms with Crippen molar-refractivity contribution in [3.05, 3.63) is 52.0 Å². The van der Waals surface area contributed by atoms with Crippen molar-refractivity contribution in [1.82, 2.24) is 4.72 Å². The lowest BCUT2D eigenvalue weighted by atomic mass is 10.2. The van der Waals surface area contributed by atoms with Crippen LogP contribution in [0.4, 0.5) is 0 Å². The SMILES string of the molecule is COc1cccc(CNS(=O)(=O)c2cc(Cl)cc(Cl)c2O)c1. The number of nitrogens with one attached hydrogen (secondary N) is 1. The van der Waals surface area contributed by atoms with Crippen LogP contribution in [0.15, 0.2) is 41.3 Å². The number of phenols is 1. The molecule has 0 saturated carbocycles. The molecule has 0 aromatic heterocycles. The number of hydrogen-bond acceptors (Lipinski definition) is 4. The molecular weight excluding hydrogens is 349 g/mol. The lowest BCUT2D eigenvalue weighted by Crippen LogP contribution is -2.23. The molecule has 5 nitrogen and oxygen atoms in total. The van der Waals surface area contributed by atoms with Gasteiger partial charge in [-0.25, -0.2) is 13.1 Å². The number of aromatic hydroxyl groups is 1. The number of rotatable bonds is 5. The number of phenolic OH excluding ortho intramolecular Hbond substituents is 1. The summed E-state index contributed by atoms with van der Waals surface area (Å²) >= 11 is 11.5. The first-order chi connectivity index (χ1) is 10.3. The van der Waals surface area contributed by atoms with Crippen molar-refractivity contribution in [2.75, 3.05) is 7.11 Å². The predicted molar refractivity (Wildman–Crippen MR) is 85.1 cm³/mol. The Bertz CT molecular complexity index is 793. The largest absolute Gasteiger partial charge is 0.505 e. The Kier molecular flexibility index (Phi) is 5.18. The molecule has 2 N–H and O–H groups in total. The van der Waals surface area contributed by atoms with E-state index in [9.17, 15) is 13.5 Å². The topological polar surface area (TPSA) is 75.6 Å². The Morgan fingerprint density at radius 1 is 1.23 bits per heavy atom. The van der Waals surface area contributed by atoms with Crippen LogP contribution in [0.5, 0.6) is 11.5 Å². The van der Waals surface area contributed by atoms with Crippen molar-refractivity contribution in [2.24, 2.45) is 0 Å². The molecule has 0 unspecified atom stereocenters. The first-order valence-electron chi connectivity index (χ1n) is 6.14. The van der Waals surface area contributed by atoms with Crippen LogP contribution in [-0.4, -0.2) is 20.6 Å². The van der Waals surface area contributed by atoms with Crippen LogP contribution >= 0.6 is 23.2 Å². The van der Waals surface area contributed by atoms with E-state index in [2.05, 4.69) is 4.72 Å². The Morgan fingerprint density at radius 2 is 1.95 bits per heavy atom. The molecule has 2 rings (SSSR count). The van der Waals surface area contributed by atoms with E-state index in [1.165, 1.54) is 13.2 Å². The fourth-order valence-electron chi connectivity index (χ4n) is 1.79. The summed E-state index contributed by atoms with van der Waals surface area (Å²) in [6.07, 6.45) is 0. The van der Waals surface area contributed by atoms with Gasteiger partial charge in [0.05, 0.1) is 12.1 Å². The molecule has 0 aliphatic heterocycles. The van der Waals surface area contributed by atoms with E-state index >= 15 is 0 Å². The average molecular weight is 362 g/mol. The minimum absolute atomic E-state index is 0.0309. The molecule has 118 valence electrons. The molecule has 0 amide bonds. The first-order valence-corrected chi connectivity index (χ1v) is 8.38. The highest BCUT2D eigenvalue weighted by Crippen LogP contribution is 2.34. The van der Waals surface area contributed by atoms with Gasteiger partial charge in [0.1, 0.15) is 10.6 Å². The van der Waals surface area contributed by atoms with Crippen molar-refractivity contribution < 1.29 is 18.3 Å². The predicted octanol–water partition coefficient (Wildman–Crippen LogP) is 3.19. The van der Waals surface area contributed by atoms with Gasteiger partial charge >= 0.3 is 0 Å². The van der Waals surface area contributed by atoms with E-state index < -0.39 is 15.8 Å². The molecule has 22 heavy (non-hydrogen) atoms. The van der Waals surface area contributed by atoms with Gasteiger partial charge in [0, 0.05) is 11.6 Å². The third-order valence-electron chi connectivity index (χ3n) is 2.88. The Labute approximate surface area is 138 Å². The van der Waals surface area contributed by atoms with Gasteiger partial charge in [-0.3, -0.25) is 0 Å². The fourth-order valence-corrected chi connectivity index (χ4v) is 3.56. The highest BCUT2D eigenvalue weighted by atomic mass is 35.5. The summed E-state index contributed by atoms with van der Waals surface area (Å²) in [5, 5.41) is 9.79. The van der Waals surface area contributed by atoms with E-state index in [-0.39, 0.29) is 21.5 Å². The Hall–Kier alpha value is -1.47. The van der Waals surface area contributed by atoms with Crippen molar-refractivity contribution in [3.8, 4) is 11.5 Å². The van der Waals surface area contributed by atoms with Gasteiger partial charge in [-0.1, -0.05) is 35.3 Å². The van der Waals surface area contributed by atoms with E-state index in [1.807, 2.05) is 0 Å². The fraction of sp³-hybridized carbons (Fsp3) is 0.143. The van der Waals surface area contributed by atoms with Crippen molar-refractivity contribution >= 4 is 33.2 Å². The van der Waals surface area contributed by atoms with Gasteiger partial charge in [-0.2, -0.15) is 0 Å². The first kappa shape index (κ1) is 16.9. The van der Waals surface area contributed by atoms with Crippen LogP contribution in [0.1, 0.15) is 5.56 Å². The molecule has 0 aliphatic rings. The molecular formula is C14H13Cl2NO4S. The van der Waals surface area contributed by atoms with Gasteiger partial charge in [-0.15, -0.1) is 0 Å². The van der Waals surface area contributed by atoms with Crippen LogP contribution < -0.4 is 9.46 Å². The molecule has 2 aromatic carbocycles. The molecule has 2 aromatic rings. The molecule has 0 aliphatic carbocycles. The second kappa shape index (κ2) is 6.75. The van der Waals surface area contributed by atoms with E-state index in [1.54, 1.807) is 24.3 Å².